The summed E-state index contributed by atoms with van der Waals surface area (Å²) in [6.07, 6.45) is 3.21. The Kier molecular flexibility index (Phi) is 3.70. The Morgan fingerprint density at radius 3 is 2.61 bits per heavy atom. The molecule has 2 N–H and O–H groups in total. The van der Waals surface area contributed by atoms with Crippen LogP contribution in [0.5, 0.6) is 0 Å². The monoisotopic (exact) mass is 322 g/mol. The lowest BCUT2D eigenvalue weighted by Crippen LogP contribution is -2.30. The Morgan fingerprint density at radius 1 is 1.09 bits per heavy atom. The van der Waals surface area contributed by atoms with Crippen molar-refractivity contribution in [3.05, 3.63) is 64.3 Å². The van der Waals surface area contributed by atoms with Crippen LogP contribution in [-0.2, 0) is 6.42 Å². The third-order valence-corrected chi connectivity index (χ3v) is 5.59. The molecule has 118 valence electrons. The minimum absolute atomic E-state index is 0.266. The number of rotatable bonds is 2. The first kappa shape index (κ1) is 14.9. The molecule has 1 aliphatic heterocycles. The summed E-state index contributed by atoms with van der Waals surface area (Å²) in [7, 11) is 0. The zero-order valence-electron chi connectivity index (χ0n) is 13.9. The van der Waals surface area contributed by atoms with E-state index in [1.54, 1.807) is 11.8 Å². The van der Waals surface area contributed by atoms with Gasteiger partial charge in [0.15, 0.2) is 0 Å². The van der Waals surface area contributed by atoms with E-state index in [1.807, 2.05) is 0 Å². The van der Waals surface area contributed by atoms with Crippen molar-refractivity contribution in [3.63, 3.8) is 0 Å². The predicted molar refractivity (Wildman–Crippen MR) is 99.5 cm³/mol. The van der Waals surface area contributed by atoms with Crippen LogP contribution in [0.1, 0.15) is 34.0 Å². The summed E-state index contributed by atoms with van der Waals surface area (Å²) in [4.78, 5) is 5.03. The molecule has 0 bridgehead atoms. The van der Waals surface area contributed by atoms with Gasteiger partial charge in [-0.05, 0) is 61.4 Å². The van der Waals surface area contributed by atoms with Gasteiger partial charge >= 0.3 is 0 Å². The van der Waals surface area contributed by atoms with Gasteiger partial charge < -0.3 is 10.3 Å². The Bertz CT molecular complexity index is 861. The molecule has 2 nitrogen and oxygen atoms in total. The van der Waals surface area contributed by atoms with Crippen LogP contribution < -0.4 is 5.32 Å². The lowest BCUT2D eigenvalue weighted by molar-refractivity contribution is 0.560. The summed E-state index contributed by atoms with van der Waals surface area (Å²) in [6.45, 7) is 5.42. The lowest BCUT2D eigenvalue weighted by atomic mass is 9.94. The smallest absolute Gasteiger partial charge is 0.0732 e. The van der Waals surface area contributed by atoms with Gasteiger partial charge in [0.2, 0.25) is 0 Å². The van der Waals surface area contributed by atoms with E-state index in [-0.39, 0.29) is 6.04 Å². The van der Waals surface area contributed by atoms with Gasteiger partial charge in [-0.2, -0.15) is 0 Å². The number of fused-ring (bicyclic) bond motifs is 3. The number of thioether (sulfide) groups is 1. The fourth-order valence-corrected chi connectivity index (χ4v) is 4.18. The molecule has 3 heteroatoms. The number of benzene rings is 2. The van der Waals surface area contributed by atoms with E-state index in [1.165, 1.54) is 43.7 Å². The standard InChI is InChI=1S/C20H22N2S/c1-12-10-13(2)18-17(11-12)16-8-9-21-19(20(16)22-18)14-4-6-15(23-3)7-5-14/h4-7,10-11,19,21-22H,8-9H2,1-3H3. The molecular formula is C20H22N2S. The minimum Gasteiger partial charge on any atom is -0.356 e. The van der Waals surface area contributed by atoms with Gasteiger partial charge in [-0.3, -0.25) is 0 Å². The number of aryl methyl sites for hydroxylation is 2. The molecule has 23 heavy (non-hydrogen) atoms. The van der Waals surface area contributed by atoms with Crippen molar-refractivity contribution in [3.8, 4) is 0 Å². The first-order valence-electron chi connectivity index (χ1n) is 8.16. The molecule has 0 fully saturated rings. The van der Waals surface area contributed by atoms with Crippen LogP contribution in [0.25, 0.3) is 10.9 Å². The summed E-state index contributed by atoms with van der Waals surface area (Å²) in [6, 6.07) is 13.8. The average molecular weight is 322 g/mol. The molecule has 4 rings (SSSR count). The van der Waals surface area contributed by atoms with E-state index in [0.717, 1.165) is 13.0 Å². The third-order valence-electron chi connectivity index (χ3n) is 4.85. The zero-order valence-corrected chi connectivity index (χ0v) is 14.7. The predicted octanol–water partition coefficient (Wildman–Crippen LogP) is 4.74. The number of aromatic amines is 1. The van der Waals surface area contributed by atoms with E-state index in [2.05, 4.69) is 66.8 Å². The molecule has 3 aromatic rings. The quantitative estimate of drug-likeness (QED) is 0.667. The summed E-state index contributed by atoms with van der Waals surface area (Å²) in [5.41, 5.74) is 8.16. The first-order chi connectivity index (χ1) is 11.2. The molecule has 0 radical (unpaired) electrons. The van der Waals surface area contributed by atoms with E-state index in [0.29, 0.717) is 0 Å². The van der Waals surface area contributed by atoms with Crippen LogP contribution in [0.4, 0.5) is 0 Å². The van der Waals surface area contributed by atoms with Gasteiger partial charge in [0.1, 0.15) is 0 Å². The Labute approximate surface area is 141 Å². The van der Waals surface area contributed by atoms with Crippen molar-refractivity contribution in [1.29, 1.82) is 0 Å². The fourth-order valence-electron chi connectivity index (χ4n) is 3.77. The van der Waals surface area contributed by atoms with Crippen LogP contribution in [0.2, 0.25) is 0 Å². The van der Waals surface area contributed by atoms with Crippen molar-refractivity contribution in [2.24, 2.45) is 0 Å². The van der Waals surface area contributed by atoms with Gasteiger partial charge in [0.05, 0.1) is 6.04 Å². The molecule has 1 atom stereocenters. The van der Waals surface area contributed by atoms with Crippen LogP contribution in [0.15, 0.2) is 41.3 Å². The highest BCUT2D eigenvalue weighted by atomic mass is 32.2. The highest BCUT2D eigenvalue weighted by Gasteiger charge is 2.25. The fraction of sp³-hybridized carbons (Fsp3) is 0.300. The van der Waals surface area contributed by atoms with Crippen molar-refractivity contribution in [2.75, 3.05) is 12.8 Å². The molecule has 0 saturated heterocycles. The van der Waals surface area contributed by atoms with Gasteiger partial charge in [-0.25, -0.2) is 0 Å². The Hall–Kier alpha value is -1.71. The molecule has 1 unspecified atom stereocenters. The number of H-pyrrole nitrogens is 1. The van der Waals surface area contributed by atoms with Crippen LogP contribution in [-0.4, -0.2) is 17.8 Å². The maximum absolute atomic E-state index is 3.72. The molecule has 2 aromatic carbocycles. The van der Waals surface area contributed by atoms with Gasteiger partial charge in [0.25, 0.3) is 0 Å². The van der Waals surface area contributed by atoms with Crippen LogP contribution >= 0.6 is 11.8 Å². The SMILES string of the molecule is CSc1ccc(C2NCCc3c2[nH]c2c(C)cc(C)cc32)cc1. The maximum Gasteiger partial charge on any atom is 0.0732 e. The second-order valence-corrected chi connectivity index (χ2v) is 7.31. The van der Waals surface area contributed by atoms with Crippen molar-refractivity contribution in [2.45, 2.75) is 31.2 Å². The summed E-state index contributed by atoms with van der Waals surface area (Å²) >= 11 is 1.79. The largest absolute Gasteiger partial charge is 0.356 e. The first-order valence-corrected chi connectivity index (χ1v) is 9.39. The number of hydrogen-bond acceptors (Lipinski definition) is 2. The second kappa shape index (κ2) is 5.73. The van der Waals surface area contributed by atoms with Gasteiger partial charge in [0, 0.05) is 28.0 Å². The molecule has 0 saturated carbocycles. The molecule has 0 amide bonds. The van der Waals surface area contributed by atoms with Crippen LogP contribution in [0, 0.1) is 13.8 Å². The number of aromatic nitrogens is 1. The second-order valence-electron chi connectivity index (χ2n) is 6.43. The Morgan fingerprint density at radius 2 is 1.87 bits per heavy atom. The van der Waals surface area contributed by atoms with E-state index < -0.39 is 0 Å². The number of nitrogens with one attached hydrogen (secondary N) is 2. The Balaban J connectivity index is 1.86. The van der Waals surface area contributed by atoms with Crippen molar-refractivity contribution < 1.29 is 0 Å². The topological polar surface area (TPSA) is 27.8 Å². The highest BCUT2D eigenvalue weighted by Crippen LogP contribution is 2.35. The maximum atomic E-state index is 3.72. The molecule has 2 heterocycles. The molecule has 0 spiro atoms. The number of hydrogen-bond donors (Lipinski definition) is 2. The summed E-state index contributed by atoms with van der Waals surface area (Å²) in [5.74, 6) is 0. The third kappa shape index (κ3) is 2.48. The van der Waals surface area contributed by atoms with Crippen LogP contribution in [0.3, 0.4) is 0 Å². The molecule has 0 aliphatic carbocycles. The minimum atomic E-state index is 0.266. The molecular weight excluding hydrogens is 300 g/mol. The normalized spacial score (nSPS) is 17.4. The van der Waals surface area contributed by atoms with Gasteiger partial charge in [-0.15, -0.1) is 11.8 Å². The molecule has 1 aliphatic rings. The zero-order chi connectivity index (χ0) is 16.0. The van der Waals surface area contributed by atoms with E-state index in [9.17, 15) is 0 Å². The summed E-state index contributed by atoms with van der Waals surface area (Å²) < 4.78 is 0. The average Bonchev–Trinajstić information content (AvgIpc) is 2.94. The van der Waals surface area contributed by atoms with E-state index >= 15 is 0 Å². The lowest BCUT2D eigenvalue weighted by Gasteiger charge is -2.25. The van der Waals surface area contributed by atoms with E-state index in [4.69, 9.17) is 0 Å². The summed E-state index contributed by atoms with van der Waals surface area (Å²) in [5, 5.41) is 5.09. The highest BCUT2D eigenvalue weighted by molar-refractivity contribution is 7.98. The van der Waals surface area contributed by atoms with Crippen molar-refractivity contribution in [1.82, 2.24) is 10.3 Å². The van der Waals surface area contributed by atoms with Crippen molar-refractivity contribution >= 4 is 22.7 Å². The van der Waals surface area contributed by atoms with Gasteiger partial charge in [-0.1, -0.05) is 23.8 Å². The molecule has 1 aromatic heterocycles.